The van der Waals surface area contributed by atoms with Crippen molar-refractivity contribution in [2.75, 3.05) is 5.32 Å². The number of aromatic nitrogens is 1. The summed E-state index contributed by atoms with van der Waals surface area (Å²) in [4.78, 5) is 12.2. The van der Waals surface area contributed by atoms with Crippen LogP contribution in [0.25, 0.3) is 0 Å². The third kappa shape index (κ3) is 3.37. The number of hydrogen-bond acceptors (Lipinski definition) is 4. The van der Waals surface area contributed by atoms with Gasteiger partial charge in [-0.15, -0.1) is 0 Å². The van der Waals surface area contributed by atoms with Gasteiger partial charge < -0.3 is 19.9 Å². The van der Waals surface area contributed by atoms with E-state index in [2.05, 4.69) is 15.8 Å². The fourth-order valence-electron chi connectivity index (χ4n) is 2.91. The van der Waals surface area contributed by atoms with Gasteiger partial charge in [0.05, 0.1) is 17.2 Å². The Morgan fingerprint density at radius 3 is 2.57 bits per heavy atom. The Labute approximate surface area is 125 Å². The summed E-state index contributed by atoms with van der Waals surface area (Å²) < 4.78 is 11.2. The quantitative estimate of drug-likeness (QED) is 0.898. The Bertz CT molecular complexity index is 534. The van der Waals surface area contributed by atoms with E-state index in [1.54, 1.807) is 0 Å². The zero-order valence-corrected chi connectivity index (χ0v) is 13.7. The molecule has 0 aliphatic carbocycles. The summed E-state index contributed by atoms with van der Waals surface area (Å²) in [6, 6.07) is -0.298. The van der Waals surface area contributed by atoms with Crippen LogP contribution in [0.4, 0.5) is 10.5 Å². The second kappa shape index (κ2) is 5.33. The molecule has 0 bridgehead atoms. The molecule has 21 heavy (non-hydrogen) atoms. The highest BCUT2D eigenvalue weighted by atomic mass is 16.5. The minimum absolute atomic E-state index is 0.0438. The fourth-order valence-corrected chi connectivity index (χ4v) is 2.91. The molecule has 1 aliphatic rings. The van der Waals surface area contributed by atoms with Crippen LogP contribution in [0.2, 0.25) is 0 Å². The minimum Gasteiger partial charge on any atom is -0.367 e. The van der Waals surface area contributed by atoms with Crippen molar-refractivity contribution in [2.45, 2.75) is 71.6 Å². The van der Waals surface area contributed by atoms with Crippen LogP contribution in [0, 0.1) is 6.92 Å². The highest BCUT2D eigenvalue weighted by molar-refractivity contribution is 5.90. The number of rotatable bonds is 3. The first-order valence-corrected chi connectivity index (χ1v) is 7.37. The molecule has 2 rings (SSSR count). The Morgan fingerprint density at radius 2 is 2.05 bits per heavy atom. The second-order valence-electron chi connectivity index (χ2n) is 6.74. The summed E-state index contributed by atoms with van der Waals surface area (Å²) in [5.74, 6) is 0.685. The van der Waals surface area contributed by atoms with Crippen molar-refractivity contribution in [3.8, 4) is 0 Å². The van der Waals surface area contributed by atoms with Gasteiger partial charge in [0.2, 0.25) is 0 Å². The molecule has 1 atom stereocenters. The molecule has 1 saturated heterocycles. The van der Waals surface area contributed by atoms with E-state index in [-0.39, 0.29) is 17.7 Å². The van der Waals surface area contributed by atoms with Crippen LogP contribution in [0.15, 0.2) is 4.52 Å². The highest BCUT2D eigenvalue weighted by Gasteiger charge is 2.46. The third-order valence-corrected chi connectivity index (χ3v) is 3.87. The molecule has 6 heteroatoms. The Balaban J connectivity index is 2.04. The van der Waals surface area contributed by atoms with Gasteiger partial charge in [0.25, 0.3) is 0 Å². The number of urea groups is 1. The third-order valence-electron chi connectivity index (χ3n) is 3.87. The van der Waals surface area contributed by atoms with E-state index in [4.69, 9.17) is 9.26 Å². The molecule has 1 aromatic heterocycles. The number of aryl methyl sites for hydroxylation is 2. The summed E-state index contributed by atoms with van der Waals surface area (Å²) >= 11 is 0. The normalized spacial score (nSPS) is 23.0. The van der Waals surface area contributed by atoms with Crippen LogP contribution < -0.4 is 10.6 Å². The van der Waals surface area contributed by atoms with Gasteiger partial charge in [-0.25, -0.2) is 4.79 Å². The lowest BCUT2D eigenvalue weighted by molar-refractivity contribution is -0.0689. The van der Waals surface area contributed by atoms with Crippen LogP contribution in [-0.4, -0.2) is 28.4 Å². The molecule has 1 unspecified atom stereocenters. The first-order valence-electron chi connectivity index (χ1n) is 7.37. The number of nitrogens with one attached hydrogen (secondary N) is 2. The topological polar surface area (TPSA) is 76.4 Å². The number of carbonyl (C=O) groups excluding carboxylic acids is 1. The molecule has 2 amide bonds. The van der Waals surface area contributed by atoms with Gasteiger partial charge in [-0.3, -0.25) is 0 Å². The van der Waals surface area contributed by atoms with Crippen molar-refractivity contribution in [1.82, 2.24) is 10.5 Å². The Hall–Kier alpha value is -1.56. The Morgan fingerprint density at radius 1 is 1.38 bits per heavy atom. The van der Waals surface area contributed by atoms with E-state index in [1.165, 1.54) is 0 Å². The van der Waals surface area contributed by atoms with Gasteiger partial charge in [-0.1, -0.05) is 12.1 Å². The van der Waals surface area contributed by atoms with E-state index < -0.39 is 5.60 Å². The first kappa shape index (κ1) is 15.8. The van der Waals surface area contributed by atoms with Crippen LogP contribution >= 0.6 is 0 Å². The lowest BCUT2D eigenvalue weighted by atomic mass is 9.95. The molecule has 1 aromatic rings. The van der Waals surface area contributed by atoms with Crippen molar-refractivity contribution in [1.29, 1.82) is 0 Å². The zero-order chi connectivity index (χ0) is 15.8. The molecule has 118 valence electrons. The van der Waals surface area contributed by atoms with Crippen molar-refractivity contribution in [2.24, 2.45) is 0 Å². The molecule has 2 heterocycles. The summed E-state index contributed by atoms with van der Waals surface area (Å²) in [7, 11) is 0. The van der Waals surface area contributed by atoms with Gasteiger partial charge >= 0.3 is 6.03 Å². The number of hydrogen-bond donors (Lipinski definition) is 2. The molecular formula is C15H25N3O3. The summed E-state index contributed by atoms with van der Waals surface area (Å²) in [6.07, 6.45) is 1.46. The molecule has 0 radical (unpaired) electrons. The molecule has 0 spiro atoms. The van der Waals surface area contributed by atoms with Gasteiger partial charge in [0, 0.05) is 6.42 Å². The SMILES string of the molecule is CCc1onc(C)c1NC(=O)NC1CC(C)(C)OC1(C)C. The molecule has 0 saturated carbocycles. The number of ether oxygens (including phenoxy) is 1. The van der Waals surface area contributed by atoms with Crippen molar-refractivity contribution < 1.29 is 14.1 Å². The predicted octanol–water partition coefficient (Wildman–Crippen LogP) is 3.01. The van der Waals surface area contributed by atoms with Crippen molar-refractivity contribution in [3.05, 3.63) is 11.5 Å². The van der Waals surface area contributed by atoms with Crippen LogP contribution in [0.1, 0.15) is 52.5 Å². The average Bonchev–Trinajstić information content (AvgIpc) is 2.77. The Kier molecular flexibility index (Phi) is 4.02. The van der Waals surface area contributed by atoms with Crippen molar-refractivity contribution in [3.63, 3.8) is 0 Å². The number of amides is 2. The van der Waals surface area contributed by atoms with E-state index in [1.807, 2.05) is 41.5 Å². The van der Waals surface area contributed by atoms with E-state index >= 15 is 0 Å². The standard InChI is InChI=1S/C15H25N3O3/c1-7-10-12(9(2)18-20-10)17-13(19)16-11-8-14(3,4)21-15(11,5)6/h11H,7-8H2,1-6H3,(H2,16,17,19). The summed E-state index contributed by atoms with van der Waals surface area (Å²) in [5, 5.41) is 9.72. The molecule has 2 N–H and O–H groups in total. The van der Waals surface area contributed by atoms with Crippen LogP contribution in [0.3, 0.4) is 0 Å². The predicted molar refractivity (Wildman–Crippen MR) is 80.4 cm³/mol. The van der Waals surface area contributed by atoms with Gasteiger partial charge in [0.15, 0.2) is 5.76 Å². The largest absolute Gasteiger partial charge is 0.367 e. The maximum Gasteiger partial charge on any atom is 0.319 e. The molecule has 0 aromatic carbocycles. The van der Waals surface area contributed by atoms with E-state index in [9.17, 15) is 4.79 Å². The number of carbonyl (C=O) groups is 1. The highest BCUT2D eigenvalue weighted by Crippen LogP contribution is 2.37. The molecular weight excluding hydrogens is 270 g/mol. The lowest BCUT2D eigenvalue weighted by Crippen LogP contribution is -2.47. The average molecular weight is 295 g/mol. The zero-order valence-electron chi connectivity index (χ0n) is 13.7. The molecule has 1 aliphatic heterocycles. The van der Waals surface area contributed by atoms with Crippen molar-refractivity contribution >= 4 is 11.7 Å². The van der Waals surface area contributed by atoms with Gasteiger partial charge in [-0.05, 0) is 41.0 Å². The second-order valence-corrected chi connectivity index (χ2v) is 6.74. The van der Waals surface area contributed by atoms with Gasteiger partial charge in [0.1, 0.15) is 11.4 Å². The van der Waals surface area contributed by atoms with Crippen LogP contribution in [0.5, 0.6) is 0 Å². The first-order chi connectivity index (χ1) is 9.64. The summed E-state index contributed by atoms with van der Waals surface area (Å²) in [5.41, 5.74) is 0.719. The number of nitrogens with zero attached hydrogens (tertiary/aromatic N) is 1. The minimum atomic E-state index is -0.391. The lowest BCUT2D eigenvalue weighted by Gasteiger charge is -2.27. The smallest absolute Gasteiger partial charge is 0.319 e. The maximum atomic E-state index is 12.2. The molecule has 1 fully saturated rings. The number of anilines is 1. The fraction of sp³-hybridized carbons (Fsp3) is 0.733. The van der Waals surface area contributed by atoms with E-state index in [0.717, 1.165) is 6.42 Å². The maximum absolute atomic E-state index is 12.2. The summed E-state index contributed by atoms with van der Waals surface area (Å²) in [6.45, 7) is 11.8. The van der Waals surface area contributed by atoms with E-state index in [0.29, 0.717) is 23.6 Å². The van der Waals surface area contributed by atoms with Crippen LogP contribution in [-0.2, 0) is 11.2 Å². The van der Waals surface area contributed by atoms with Gasteiger partial charge in [-0.2, -0.15) is 0 Å². The monoisotopic (exact) mass is 295 g/mol. The molecule has 6 nitrogen and oxygen atoms in total.